The van der Waals surface area contributed by atoms with Crippen LogP contribution in [0.3, 0.4) is 0 Å². The summed E-state index contributed by atoms with van der Waals surface area (Å²) in [6, 6.07) is 16.7. The number of hydrogen-bond donors (Lipinski definition) is 1. The van der Waals surface area contributed by atoms with E-state index in [1.54, 1.807) is 0 Å². The van der Waals surface area contributed by atoms with Crippen molar-refractivity contribution in [2.24, 2.45) is 0 Å². The molecule has 120 valence electrons. The van der Waals surface area contributed by atoms with Crippen molar-refractivity contribution in [3.05, 3.63) is 58.6 Å². The molecule has 0 spiro atoms. The van der Waals surface area contributed by atoms with Gasteiger partial charge in [-0.15, -0.1) is 24.8 Å². The molecule has 1 N–H and O–H groups in total. The van der Waals surface area contributed by atoms with E-state index < -0.39 is 0 Å². The number of halogens is 4. The summed E-state index contributed by atoms with van der Waals surface area (Å²) in [7, 11) is 0. The molecular formula is C16H18Cl4N2. The molecule has 1 heterocycles. The van der Waals surface area contributed by atoms with Gasteiger partial charge in [0.2, 0.25) is 0 Å². The molecule has 2 aromatic rings. The predicted molar refractivity (Wildman–Crippen MR) is 101 cm³/mol. The molecule has 0 saturated carbocycles. The second-order valence-electron chi connectivity index (χ2n) is 4.95. The van der Waals surface area contributed by atoms with Gasteiger partial charge >= 0.3 is 0 Å². The van der Waals surface area contributed by atoms with E-state index in [4.69, 9.17) is 23.2 Å². The standard InChI is InChI=1S/C16H16Cl2N2.2ClH/c17-15-7-6-13(10-16(15)18)20(14-8-9-19-11-14)12-4-2-1-3-5-12;;/h1-7,10,14,19H,8-9,11H2;2*1H. The smallest absolute Gasteiger partial charge is 0.0613 e. The molecule has 1 aliphatic heterocycles. The van der Waals surface area contributed by atoms with Crippen molar-refractivity contribution in [2.45, 2.75) is 12.5 Å². The number of para-hydroxylation sites is 1. The third kappa shape index (κ3) is 4.21. The van der Waals surface area contributed by atoms with Crippen molar-refractivity contribution in [1.82, 2.24) is 5.32 Å². The topological polar surface area (TPSA) is 15.3 Å². The Labute approximate surface area is 153 Å². The van der Waals surface area contributed by atoms with Crippen LogP contribution in [0.1, 0.15) is 6.42 Å². The van der Waals surface area contributed by atoms with Gasteiger partial charge in [0.15, 0.2) is 0 Å². The second kappa shape index (κ2) is 8.85. The Bertz CT molecular complexity index is 586. The number of anilines is 2. The number of hydrogen-bond acceptors (Lipinski definition) is 2. The molecule has 22 heavy (non-hydrogen) atoms. The molecule has 2 aromatic carbocycles. The van der Waals surface area contributed by atoms with Gasteiger partial charge in [-0.2, -0.15) is 0 Å². The van der Waals surface area contributed by atoms with Gasteiger partial charge in [0.05, 0.1) is 10.0 Å². The zero-order chi connectivity index (χ0) is 13.9. The van der Waals surface area contributed by atoms with Crippen LogP contribution in [-0.2, 0) is 0 Å². The highest BCUT2D eigenvalue weighted by Crippen LogP contribution is 2.34. The van der Waals surface area contributed by atoms with Crippen molar-refractivity contribution in [3.8, 4) is 0 Å². The Morgan fingerprint density at radius 3 is 2.23 bits per heavy atom. The van der Waals surface area contributed by atoms with E-state index in [0.29, 0.717) is 16.1 Å². The van der Waals surface area contributed by atoms with E-state index in [1.807, 2.05) is 24.3 Å². The summed E-state index contributed by atoms with van der Waals surface area (Å²) in [5.41, 5.74) is 2.26. The highest BCUT2D eigenvalue weighted by atomic mass is 35.5. The van der Waals surface area contributed by atoms with E-state index in [9.17, 15) is 0 Å². The minimum Gasteiger partial charge on any atom is -0.337 e. The van der Waals surface area contributed by atoms with E-state index in [1.165, 1.54) is 5.69 Å². The highest BCUT2D eigenvalue weighted by molar-refractivity contribution is 6.42. The molecule has 0 amide bonds. The van der Waals surface area contributed by atoms with Crippen molar-refractivity contribution in [3.63, 3.8) is 0 Å². The minimum atomic E-state index is 0. The molecule has 0 aliphatic carbocycles. The van der Waals surface area contributed by atoms with Crippen LogP contribution >= 0.6 is 48.0 Å². The summed E-state index contributed by atoms with van der Waals surface area (Å²) >= 11 is 12.2. The van der Waals surface area contributed by atoms with Crippen LogP contribution in [0.5, 0.6) is 0 Å². The lowest BCUT2D eigenvalue weighted by Crippen LogP contribution is -2.32. The molecule has 2 nitrogen and oxygen atoms in total. The van der Waals surface area contributed by atoms with Gasteiger partial charge in [0.25, 0.3) is 0 Å². The molecule has 0 bridgehead atoms. The van der Waals surface area contributed by atoms with Gasteiger partial charge in [0.1, 0.15) is 0 Å². The molecule has 0 aromatic heterocycles. The lowest BCUT2D eigenvalue weighted by atomic mass is 10.1. The fourth-order valence-electron chi connectivity index (χ4n) is 2.65. The van der Waals surface area contributed by atoms with Crippen LogP contribution in [0.15, 0.2) is 48.5 Å². The Morgan fingerprint density at radius 2 is 1.64 bits per heavy atom. The van der Waals surface area contributed by atoms with Gasteiger partial charge < -0.3 is 10.2 Å². The minimum absolute atomic E-state index is 0. The second-order valence-corrected chi connectivity index (χ2v) is 5.76. The predicted octanol–water partition coefficient (Wildman–Crippen LogP) is 5.34. The third-order valence-corrected chi connectivity index (χ3v) is 4.35. The Kier molecular flexibility index (Phi) is 7.81. The van der Waals surface area contributed by atoms with E-state index in [0.717, 1.165) is 25.2 Å². The quantitative estimate of drug-likeness (QED) is 0.774. The first-order valence-electron chi connectivity index (χ1n) is 6.76. The summed E-state index contributed by atoms with van der Waals surface area (Å²) in [5.74, 6) is 0. The van der Waals surface area contributed by atoms with Gasteiger partial charge in [-0.05, 0) is 43.3 Å². The maximum Gasteiger partial charge on any atom is 0.0613 e. The number of rotatable bonds is 3. The fourth-order valence-corrected chi connectivity index (χ4v) is 2.95. The maximum absolute atomic E-state index is 6.18. The molecule has 3 rings (SSSR count). The van der Waals surface area contributed by atoms with Crippen molar-refractivity contribution < 1.29 is 0 Å². The van der Waals surface area contributed by atoms with Crippen molar-refractivity contribution >= 4 is 59.4 Å². The molecule has 6 heteroatoms. The molecule has 1 fully saturated rings. The average Bonchev–Trinajstić information content (AvgIpc) is 2.98. The average molecular weight is 380 g/mol. The molecule has 1 aliphatic rings. The van der Waals surface area contributed by atoms with Gasteiger partial charge in [-0.1, -0.05) is 41.4 Å². The van der Waals surface area contributed by atoms with Crippen LogP contribution in [0, 0.1) is 0 Å². The Hall–Kier alpha value is -0.640. The van der Waals surface area contributed by atoms with Gasteiger partial charge in [0, 0.05) is 24.0 Å². The zero-order valence-corrected chi connectivity index (χ0v) is 15.0. The summed E-state index contributed by atoms with van der Waals surface area (Å²) in [4.78, 5) is 2.34. The van der Waals surface area contributed by atoms with Gasteiger partial charge in [-0.3, -0.25) is 0 Å². The first kappa shape index (κ1) is 19.4. The van der Waals surface area contributed by atoms with Crippen LogP contribution < -0.4 is 10.2 Å². The summed E-state index contributed by atoms with van der Waals surface area (Å²) in [6.45, 7) is 2.03. The van der Waals surface area contributed by atoms with E-state index >= 15 is 0 Å². The largest absolute Gasteiger partial charge is 0.337 e. The summed E-state index contributed by atoms with van der Waals surface area (Å²) in [5, 5.41) is 4.60. The van der Waals surface area contributed by atoms with Gasteiger partial charge in [-0.25, -0.2) is 0 Å². The molecular weight excluding hydrogens is 362 g/mol. The first-order valence-corrected chi connectivity index (χ1v) is 7.51. The van der Waals surface area contributed by atoms with Crippen molar-refractivity contribution in [1.29, 1.82) is 0 Å². The number of benzene rings is 2. The van der Waals surface area contributed by atoms with E-state index in [2.05, 4.69) is 34.5 Å². The number of nitrogens with zero attached hydrogens (tertiary/aromatic N) is 1. The lowest BCUT2D eigenvalue weighted by molar-refractivity contribution is 0.712. The lowest BCUT2D eigenvalue weighted by Gasteiger charge is -2.31. The fraction of sp³-hybridized carbons (Fsp3) is 0.250. The molecule has 1 unspecified atom stereocenters. The first-order chi connectivity index (χ1) is 9.75. The third-order valence-electron chi connectivity index (χ3n) is 3.62. The van der Waals surface area contributed by atoms with Crippen LogP contribution in [-0.4, -0.2) is 19.1 Å². The maximum atomic E-state index is 6.18. The van der Waals surface area contributed by atoms with Crippen LogP contribution in [0.2, 0.25) is 10.0 Å². The molecule has 0 radical (unpaired) electrons. The van der Waals surface area contributed by atoms with Crippen molar-refractivity contribution in [2.75, 3.05) is 18.0 Å². The summed E-state index contributed by atoms with van der Waals surface area (Å²) in [6.07, 6.45) is 1.12. The van der Waals surface area contributed by atoms with Crippen LogP contribution in [0.4, 0.5) is 11.4 Å². The summed E-state index contributed by atoms with van der Waals surface area (Å²) < 4.78 is 0. The molecule has 1 atom stereocenters. The monoisotopic (exact) mass is 378 g/mol. The Balaban J connectivity index is 0.00000121. The zero-order valence-electron chi connectivity index (χ0n) is 11.8. The Morgan fingerprint density at radius 1 is 0.909 bits per heavy atom. The highest BCUT2D eigenvalue weighted by Gasteiger charge is 2.24. The molecule has 1 saturated heterocycles. The SMILES string of the molecule is Cl.Cl.Clc1ccc(N(c2ccccc2)C2CCNC2)cc1Cl. The van der Waals surface area contributed by atoms with Crippen LogP contribution in [0.25, 0.3) is 0 Å². The number of nitrogens with one attached hydrogen (secondary N) is 1. The van der Waals surface area contributed by atoms with E-state index in [-0.39, 0.29) is 24.8 Å². The normalized spacial score (nSPS) is 16.5.